The fourth-order valence-electron chi connectivity index (χ4n) is 13.0. The summed E-state index contributed by atoms with van der Waals surface area (Å²) in [6.45, 7) is 9.70. The molecule has 0 unspecified atom stereocenters. The average Bonchev–Trinajstić information content (AvgIpc) is 4.34. The van der Waals surface area contributed by atoms with Crippen molar-refractivity contribution in [2.24, 2.45) is 0 Å². The molecule has 0 radical (unpaired) electrons. The molecule has 0 saturated heterocycles. The van der Waals surface area contributed by atoms with Crippen LogP contribution in [-0.4, -0.2) is 18.3 Å². The first kappa shape index (κ1) is 40.8. The molecule has 17 rings (SSSR count). The van der Waals surface area contributed by atoms with Crippen LogP contribution in [0.3, 0.4) is 0 Å². The van der Waals surface area contributed by atoms with Gasteiger partial charge in [0, 0.05) is 64.6 Å². The van der Waals surface area contributed by atoms with E-state index >= 15 is 0 Å². The van der Waals surface area contributed by atoms with Crippen molar-refractivity contribution in [3.8, 4) is 28.8 Å². The van der Waals surface area contributed by atoms with Crippen LogP contribution in [0, 0.1) is 17.9 Å². The molecule has 0 fully saturated rings. The second-order valence-electron chi connectivity index (χ2n) is 19.7. The monoisotopic (exact) mass is 968 g/mol. The lowest BCUT2D eigenvalue weighted by atomic mass is 10.0. The van der Waals surface area contributed by atoms with Gasteiger partial charge in [-0.3, -0.25) is 0 Å². The maximum absolute atomic E-state index is 12.5. The quantitative estimate of drug-likeness (QED) is 0.165. The minimum Gasteiger partial charge on any atom is -0.454 e. The van der Waals surface area contributed by atoms with Gasteiger partial charge in [-0.05, 0) is 60.7 Å². The normalized spacial score (nSPS) is 12.2. The van der Waals surface area contributed by atoms with Gasteiger partial charge in [-0.25, -0.2) is 4.85 Å². The van der Waals surface area contributed by atoms with Crippen molar-refractivity contribution in [2.75, 3.05) is 0 Å². The highest BCUT2D eigenvalue weighted by atomic mass is 16.3. The van der Waals surface area contributed by atoms with Crippen LogP contribution in [0.2, 0.25) is 0 Å². The minimum absolute atomic E-state index is 0.192. The van der Waals surface area contributed by atoms with Crippen molar-refractivity contribution in [2.45, 2.75) is 0 Å². The van der Waals surface area contributed by atoms with Gasteiger partial charge in [0.1, 0.15) is 11.2 Å². The molecular weight excluding hydrogens is 933 g/mol. The number of fused-ring (bicyclic) bond motifs is 20. The second kappa shape index (κ2) is 14.9. The molecule has 0 atom stereocenters. The fraction of sp³-hybridized carbons (Fsp3) is 0. The highest BCUT2D eigenvalue weighted by Crippen LogP contribution is 2.53. The summed E-state index contributed by atoms with van der Waals surface area (Å²) in [5.74, 6) is 0. The summed E-state index contributed by atoms with van der Waals surface area (Å²) in [5.41, 5.74) is 12.9. The highest BCUT2D eigenvalue weighted by Gasteiger charge is 2.36. The van der Waals surface area contributed by atoms with Crippen molar-refractivity contribution < 1.29 is 8.83 Å². The fourth-order valence-corrected chi connectivity index (χ4v) is 13.0. The molecule has 350 valence electrons. The number of nitriles is 1. The molecular formula is C68H36N6O2. The van der Waals surface area contributed by atoms with Crippen LogP contribution in [0.25, 0.3) is 159 Å². The first-order valence-electron chi connectivity index (χ1n) is 25.4. The molecule has 0 N–H and O–H groups in total. The Balaban J connectivity index is 1.22. The van der Waals surface area contributed by atoms with Crippen molar-refractivity contribution >= 4 is 137 Å². The second-order valence-corrected chi connectivity index (χ2v) is 19.7. The third-order valence-electron chi connectivity index (χ3n) is 16.0. The van der Waals surface area contributed by atoms with E-state index in [0.717, 1.165) is 120 Å². The standard InChI is InChI=1S/C68H36N6O2/c1-70-60-51(38-69)61(73-56-30-14-6-22-43(56)47-34-36-49-45-24-8-16-32-58(45)75-67(49)62(47)73)65(71-52-26-10-2-18-39(52)40-19-3-11-27-53(40)71)66(72-54-28-12-4-20-41(54)42-21-5-13-29-55(42)72)64(60)74-57-31-15-7-23-44(57)48-35-37-50-46-25-9-17-33-59(46)76-68(50)63(48)74/h2-37H. The van der Waals surface area contributed by atoms with Gasteiger partial charge >= 0.3 is 0 Å². The molecule has 6 aromatic heterocycles. The largest absolute Gasteiger partial charge is 0.454 e. The summed E-state index contributed by atoms with van der Waals surface area (Å²) in [6, 6.07) is 78.6. The summed E-state index contributed by atoms with van der Waals surface area (Å²) in [7, 11) is 0. The van der Waals surface area contributed by atoms with Crippen LogP contribution in [0.1, 0.15) is 5.56 Å². The number of furan rings is 2. The molecule has 17 aromatic rings. The summed E-state index contributed by atoms with van der Waals surface area (Å²) in [6.07, 6.45) is 0. The van der Waals surface area contributed by atoms with E-state index in [1.165, 1.54) is 0 Å². The van der Waals surface area contributed by atoms with Gasteiger partial charge in [0.15, 0.2) is 11.2 Å². The van der Waals surface area contributed by atoms with Crippen LogP contribution in [0.15, 0.2) is 227 Å². The Morgan fingerprint density at radius 2 is 0.618 bits per heavy atom. The van der Waals surface area contributed by atoms with Gasteiger partial charge in [-0.1, -0.05) is 158 Å². The molecule has 0 spiro atoms. The molecule has 6 heterocycles. The zero-order chi connectivity index (χ0) is 49.9. The first-order valence-corrected chi connectivity index (χ1v) is 25.4. The van der Waals surface area contributed by atoms with E-state index in [1.54, 1.807) is 0 Å². The van der Waals surface area contributed by atoms with Gasteiger partial charge in [0.05, 0.1) is 85.1 Å². The summed E-state index contributed by atoms with van der Waals surface area (Å²) in [5, 5.41) is 24.4. The number of benzene rings is 11. The van der Waals surface area contributed by atoms with Crippen LogP contribution in [-0.2, 0) is 0 Å². The number of hydrogen-bond donors (Lipinski definition) is 0. The van der Waals surface area contributed by atoms with E-state index < -0.39 is 0 Å². The summed E-state index contributed by atoms with van der Waals surface area (Å²) < 4.78 is 23.2. The minimum atomic E-state index is 0.192. The third-order valence-corrected chi connectivity index (χ3v) is 16.0. The van der Waals surface area contributed by atoms with E-state index in [1.807, 2.05) is 36.4 Å². The lowest BCUT2D eigenvalue weighted by Gasteiger charge is -2.28. The van der Waals surface area contributed by atoms with Crippen LogP contribution in [0.5, 0.6) is 0 Å². The zero-order valence-electron chi connectivity index (χ0n) is 40.3. The van der Waals surface area contributed by atoms with E-state index in [4.69, 9.17) is 8.83 Å². The topological polar surface area (TPSA) is 74.2 Å². The molecule has 0 aliphatic heterocycles. The molecule has 0 aliphatic carbocycles. The highest BCUT2D eigenvalue weighted by molar-refractivity contribution is 6.25. The predicted molar refractivity (Wildman–Crippen MR) is 309 cm³/mol. The van der Waals surface area contributed by atoms with Crippen molar-refractivity contribution in [3.05, 3.63) is 235 Å². The Bertz CT molecular complexity index is 5070. The molecule has 0 bridgehead atoms. The summed E-state index contributed by atoms with van der Waals surface area (Å²) >= 11 is 0. The number of aromatic nitrogens is 4. The smallest absolute Gasteiger partial charge is 0.232 e. The Labute approximate surface area is 431 Å². The lowest BCUT2D eigenvalue weighted by molar-refractivity contribution is 0.670. The molecule has 8 heteroatoms. The van der Waals surface area contributed by atoms with E-state index in [-0.39, 0.29) is 11.3 Å². The van der Waals surface area contributed by atoms with Crippen molar-refractivity contribution in [1.29, 1.82) is 5.26 Å². The molecule has 0 aliphatic rings. The van der Waals surface area contributed by atoms with Gasteiger partial charge in [-0.2, -0.15) is 5.26 Å². The van der Waals surface area contributed by atoms with Crippen molar-refractivity contribution in [3.63, 3.8) is 0 Å². The first-order chi connectivity index (χ1) is 37.7. The average molecular weight is 969 g/mol. The van der Waals surface area contributed by atoms with E-state index in [9.17, 15) is 11.8 Å². The van der Waals surface area contributed by atoms with Crippen LogP contribution in [0.4, 0.5) is 5.69 Å². The van der Waals surface area contributed by atoms with Gasteiger partial charge < -0.3 is 27.1 Å². The van der Waals surface area contributed by atoms with E-state index in [0.29, 0.717) is 33.9 Å². The zero-order valence-corrected chi connectivity index (χ0v) is 40.3. The van der Waals surface area contributed by atoms with Gasteiger partial charge in [0.2, 0.25) is 5.69 Å². The Morgan fingerprint density at radius 1 is 0.316 bits per heavy atom. The molecule has 11 aromatic carbocycles. The maximum atomic E-state index is 12.5. The summed E-state index contributed by atoms with van der Waals surface area (Å²) in [4.78, 5) is 4.66. The van der Waals surface area contributed by atoms with Gasteiger partial charge in [0.25, 0.3) is 0 Å². The Morgan fingerprint density at radius 3 is 1.00 bits per heavy atom. The molecule has 8 nitrogen and oxygen atoms in total. The van der Waals surface area contributed by atoms with Crippen molar-refractivity contribution in [1.82, 2.24) is 18.3 Å². The molecule has 0 amide bonds. The SMILES string of the molecule is [C-]#[N+]c1c(C#N)c(-n2c3ccccc3c3ccc4c5ccccc5oc4c32)c(-n2c3ccccc3c3ccccc32)c(-n2c3ccccc3c3ccccc32)c1-n1c2ccccc2c2ccc3c4ccccc4oc3c21. The molecule has 76 heavy (non-hydrogen) atoms. The maximum Gasteiger partial charge on any atom is 0.232 e. The Kier molecular flexibility index (Phi) is 7.99. The number of rotatable bonds is 4. The number of hydrogen-bond acceptors (Lipinski definition) is 3. The van der Waals surface area contributed by atoms with Crippen LogP contribution >= 0.6 is 0 Å². The lowest BCUT2D eigenvalue weighted by Crippen LogP contribution is -2.15. The van der Waals surface area contributed by atoms with E-state index in [2.05, 4.69) is 211 Å². The van der Waals surface area contributed by atoms with Crippen LogP contribution < -0.4 is 0 Å². The predicted octanol–water partition coefficient (Wildman–Crippen LogP) is 18.3. The van der Waals surface area contributed by atoms with Gasteiger partial charge in [-0.15, -0.1) is 0 Å². The third kappa shape index (κ3) is 5.09. The number of para-hydroxylation sites is 8. The molecule has 0 saturated carbocycles. The number of nitrogens with zero attached hydrogens (tertiary/aromatic N) is 6. The Hall–Kier alpha value is -10.8.